The summed E-state index contributed by atoms with van der Waals surface area (Å²) in [5.41, 5.74) is 0. The number of hydrogen-bond acceptors (Lipinski definition) is 4. The van der Waals surface area contributed by atoms with E-state index >= 15 is 0 Å². The van der Waals surface area contributed by atoms with Gasteiger partial charge in [0.05, 0.1) is 32.0 Å². The molecule has 0 aromatic rings. The van der Waals surface area contributed by atoms with Crippen LogP contribution in [0.3, 0.4) is 0 Å². The third kappa shape index (κ3) is 6.22. The van der Waals surface area contributed by atoms with Gasteiger partial charge in [-0.2, -0.15) is 0 Å². The fraction of sp³-hybridized carbons (Fsp3) is 0.923. The van der Waals surface area contributed by atoms with Gasteiger partial charge in [-0.25, -0.2) is 4.79 Å². The van der Waals surface area contributed by atoms with Crippen LogP contribution in [-0.4, -0.2) is 69.7 Å². The first-order valence-electron chi connectivity index (χ1n) is 6.92. The molecule has 1 heterocycles. The lowest BCUT2D eigenvalue weighted by atomic mass is 10.2. The maximum atomic E-state index is 12.0. The minimum absolute atomic E-state index is 0.0380. The zero-order valence-electron chi connectivity index (χ0n) is 12.2. The molecule has 1 N–H and O–H groups in total. The quantitative estimate of drug-likeness (QED) is 0.700. The second-order valence-electron chi connectivity index (χ2n) is 4.72. The molecule has 0 aromatic carbocycles. The monoisotopic (exact) mass is 274 g/mol. The van der Waals surface area contributed by atoms with Crippen molar-refractivity contribution in [2.45, 2.75) is 32.5 Å². The van der Waals surface area contributed by atoms with Crippen molar-refractivity contribution >= 4 is 6.03 Å². The van der Waals surface area contributed by atoms with Gasteiger partial charge in [-0.3, -0.25) is 0 Å². The number of ether oxygens (including phenoxy) is 3. The first-order chi connectivity index (χ1) is 9.17. The van der Waals surface area contributed by atoms with Gasteiger partial charge in [0.2, 0.25) is 0 Å². The number of urea groups is 1. The number of morpholine rings is 1. The van der Waals surface area contributed by atoms with Gasteiger partial charge < -0.3 is 24.4 Å². The van der Waals surface area contributed by atoms with Crippen molar-refractivity contribution in [1.82, 2.24) is 10.2 Å². The van der Waals surface area contributed by atoms with Crippen molar-refractivity contribution in [3.63, 3.8) is 0 Å². The van der Waals surface area contributed by atoms with Crippen LogP contribution in [0.1, 0.15) is 20.3 Å². The van der Waals surface area contributed by atoms with E-state index in [1.54, 1.807) is 7.11 Å². The molecule has 0 aliphatic carbocycles. The summed E-state index contributed by atoms with van der Waals surface area (Å²) in [4.78, 5) is 13.8. The van der Waals surface area contributed by atoms with Crippen LogP contribution in [0.4, 0.5) is 4.79 Å². The Morgan fingerprint density at radius 2 is 2.16 bits per heavy atom. The Morgan fingerprint density at radius 3 is 2.84 bits per heavy atom. The van der Waals surface area contributed by atoms with E-state index in [4.69, 9.17) is 14.2 Å². The number of amides is 2. The molecule has 2 unspecified atom stereocenters. The Morgan fingerprint density at radius 1 is 1.37 bits per heavy atom. The van der Waals surface area contributed by atoms with Crippen molar-refractivity contribution in [3.05, 3.63) is 0 Å². The molecule has 112 valence electrons. The average molecular weight is 274 g/mol. The number of rotatable bonds is 7. The second-order valence-corrected chi connectivity index (χ2v) is 4.72. The molecule has 6 heteroatoms. The summed E-state index contributed by atoms with van der Waals surface area (Å²) in [7, 11) is 1.63. The summed E-state index contributed by atoms with van der Waals surface area (Å²) < 4.78 is 15.9. The number of carbonyl (C=O) groups is 1. The van der Waals surface area contributed by atoms with Gasteiger partial charge >= 0.3 is 6.03 Å². The van der Waals surface area contributed by atoms with Crippen molar-refractivity contribution in [3.8, 4) is 0 Å². The molecule has 0 bridgehead atoms. The Bertz CT molecular complexity index is 263. The van der Waals surface area contributed by atoms with Gasteiger partial charge in [0, 0.05) is 26.7 Å². The fourth-order valence-corrected chi connectivity index (χ4v) is 2.02. The minimum Gasteiger partial charge on any atom is -0.382 e. The largest absolute Gasteiger partial charge is 0.382 e. The Kier molecular flexibility index (Phi) is 7.78. The number of hydrogen-bond donors (Lipinski definition) is 1. The SMILES string of the molecule is CCC1CN(C(=O)NCCOCCOC)CC(C)O1. The maximum Gasteiger partial charge on any atom is 0.317 e. The molecule has 0 saturated carbocycles. The highest BCUT2D eigenvalue weighted by atomic mass is 16.5. The predicted octanol–water partition coefficient (Wildman–Crippen LogP) is 0.858. The topological polar surface area (TPSA) is 60.0 Å². The Labute approximate surface area is 115 Å². The normalized spacial score (nSPS) is 23.4. The summed E-state index contributed by atoms with van der Waals surface area (Å²) in [6.45, 7) is 7.53. The van der Waals surface area contributed by atoms with Crippen LogP contribution in [0.15, 0.2) is 0 Å². The first-order valence-corrected chi connectivity index (χ1v) is 6.92. The van der Waals surface area contributed by atoms with Crippen LogP contribution in [0.25, 0.3) is 0 Å². The zero-order chi connectivity index (χ0) is 14.1. The van der Waals surface area contributed by atoms with E-state index in [0.29, 0.717) is 39.5 Å². The second kappa shape index (κ2) is 9.12. The van der Waals surface area contributed by atoms with E-state index in [2.05, 4.69) is 12.2 Å². The summed E-state index contributed by atoms with van der Waals surface area (Å²) in [5, 5.41) is 2.86. The molecule has 1 rings (SSSR count). The van der Waals surface area contributed by atoms with Crippen LogP contribution in [0.5, 0.6) is 0 Å². The lowest BCUT2D eigenvalue weighted by Gasteiger charge is -2.36. The third-order valence-electron chi connectivity index (χ3n) is 3.02. The maximum absolute atomic E-state index is 12.0. The molecular weight excluding hydrogens is 248 g/mol. The van der Waals surface area contributed by atoms with E-state index in [1.807, 2.05) is 11.8 Å². The fourth-order valence-electron chi connectivity index (χ4n) is 2.02. The van der Waals surface area contributed by atoms with Crippen molar-refractivity contribution in [2.75, 3.05) is 46.6 Å². The van der Waals surface area contributed by atoms with E-state index in [9.17, 15) is 4.79 Å². The average Bonchev–Trinajstić information content (AvgIpc) is 2.41. The molecular formula is C13H26N2O4. The molecule has 1 fully saturated rings. The number of nitrogens with zero attached hydrogens (tertiary/aromatic N) is 1. The van der Waals surface area contributed by atoms with Crippen LogP contribution in [0, 0.1) is 0 Å². The molecule has 19 heavy (non-hydrogen) atoms. The molecule has 6 nitrogen and oxygen atoms in total. The Hall–Kier alpha value is -0.850. The van der Waals surface area contributed by atoms with Crippen molar-refractivity contribution in [1.29, 1.82) is 0 Å². The zero-order valence-corrected chi connectivity index (χ0v) is 12.2. The number of carbonyl (C=O) groups excluding carboxylic acids is 1. The van der Waals surface area contributed by atoms with Crippen LogP contribution < -0.4 is 5.32 Å². The molecule has 1 saturated heterocycles. The first kappa shape index (κ1) is 16.2. The summed E-state index contributed by atoms with van der Waals surface area (Å²) in [5.74, 6) is 0. The van der Waals surface area contributed by atoms with Gasteiger partial charge in [0.15, 0.2) is 0 Å². The predicted molar refractivity (Wildman–Crippen MR) is 72.3 cm³/mol. The molecule has 2 atom stereocenters. The smallest absolute Gasteiger partial charge is 0.317 e. The highest BCUT2D eigenvalue weighted by molar-refractivity contribution is 5.74. The molecule has 0 spiro atoms. The van der Waals surface area contributed by atoms with Crippen LogP contribution in [-0.2, 0) is 14.2 Å². The molecule has 1 aliphatic heterocycles. The standard InChI is InChI=1S/C13H26N2O4/c1-4-12-10-15(9-11(2)19-12)13(16)14-5-6-18-8-7-17-3/h11-12H,4-10H2,1-3H3,(H,14,16). The summed E-state index contributed by atoms with van der Waals surface area (Å²) >= 11 is 0. The van der Waals surface area contributed by atoms with E-state index in [0.717, 1.165) is 6.42 Å². The third-order valence-corrected chi connectivity index (χ3v) is 3.02. The summed E-state index contributed by atoms with van der Waals surface area (Å²) in [6.07, 6.45) is 1.17. The van der Waals surface area contributed by atoms with E-state index < -0.39 is 0 Å². The number of nitrogens with one attached hydrogen (secondary N) is 1. The molecule has 2 amide bonds. The number of methoxy groups -OCH3 is 1. The lowest BCUT2D eigenvalue weighted by Crippen LogP contribution is -2.52. The highest BCUT2D eigenvalue weighted by Gasteiger charge is 2.26. The highest BCUT2D eigenvalue weighted by Crippen LogP contribution is 2.13. The molecule has 1 aliphatic rings. The van der Waals surface area contributed by atoms with Gasteiger partial charge in [0.25, 0.3) is 0 Å². The van der Waals surface area contributed by atoms with E-state index in [1.165, 1.54) is 0 Å². The lowest BCUT2D eigenvalue weighted by molar-refractivity contribution is -0.0647. The van der Waals surface area contributed by atoms with Gasteiger partial charge in [-0.1, -0.05) is 6.92 Å². The van der Waals surface area contributed by atoms with E-state index in [-0.39, 0.29) is 18.2 Å². The Balaban J connectivity index is 2.17. The van der Waals surface area contributed by atoms with Crippen LogP contribution in [0.2, 0.25) is 0 Å². The van der Waals surface area contributed by atoms with Gasteiger partial charge in [-0.05, 0) is 13.3 Å². The van der Waals surface area contributed by atoms with Crippen molar-refractivity contribution in [2.24, 2.45) is 0 Å². The van der Waals surface area contributed by atoms with Gasteiger partial charge in [-0.15, -0.1) is 0 Å². The van der Waals surface area contributed by atoms with Crippen molar-refractivity contribution < 1.29 is 19.0 Å². The molecule has 0 aromatic heterocycles. The van der Waals surface area contributed by atoms with Gasteiger partial charge in [0.1, 0.15) is 0 Å². The summed E-state index contributed by atoms with van der Waals surface area (Å²) in [6, 6.07) is -0.0380. The molecule has 0 radical (unpaired) electrons. The van der Waals surface area contributed by atoms with Crippen LogP contribution >= 0.6 is 0 Å². The minimum atomic E-state index is -0.0380.